The Labute approximate surface area is 123 Å². The average molecular weight is 285 g/mol. The summed E-state index contributed by atoms with van der Waals surface area (Å²) in [5.74, 6) is -0.0934. The molecule has 1 N–H and O–H groups in total. The van der Waals surface area contributed by atoms with Crippen LogP contribution in [-0.4, -0.2) is 33.4 Å². The zero-order valence-electron chi connectivity index (χ0n) is 13.7. The van der Waals surface area contributed by atoms with E-state index >= 15 is 0 Å². The van der Waals surface area contributed by atoms with Crippen molar-refractivity contribution < 1.29 is 14.7 Å². The fraction of sp³-hybridized carbons (Fsp3) is 0.938. The van der Waals surface area contributed by atoms with Gasteiger partial charge in [-0.1, -0.05) is 26.2 Å². The Morgan fingerprint density at radius 3 is 2.20 bits per heavy atom. The van der Waals surface area contributed by atoms with Gasteiger partial charge in [0.25, 0.3) is 0 Å². The number of nitrogens with zero attached hydrogens (tertiary/aromatic N) is 1. The Bertz CT molecular complexity index is 308. The van der Waals surface area contributed by atoms with Crippen molar-refractivity contribution >= 4 is 5.97 Å². The second kappa shape index (κ2) is 6.90. The Morgan fingerprint density at radius 2 is 1.70 bits per heavy atom. The Balaban J connectivity index is 2.46. The minimum atomic E-state index is -0.366. The lowest BCUT2D eigenvalue weighted by Crippen LogP contribution is -2.60. The molecule has 1 aliphatic rings. The number of ether oxygens (including phenoxy) is 1. The number of unbranched alkanes of at least 4 members (excludes halogenated alkanes) is 3. The van der Waals surface area contributed by atoms with Crippen molar-refractivity contribution in [1.29, 1.82) is 0 Å². The Hall–Kier alpha value is -0.610. The minimum Gasteiger partial charge on any atom is -0.462 e. The molecule has 0 unspecified atom stereocenters. The third kappa shape index (κ3) is 4.74. The van der Waals surface area contributed by atoms with Crippen molar-refractivity contribution in [2.45, 2.75) is 96.7 Å². The van der Waals surface area contributed by atoms with Crippen LogP contribution in [-0.2, 0) is 9.53 Å². The topological polar surface area (TPSA) is 49.8 Å². The van der Waals surface area contributed by atoms with Crippen LogP contribution in [0.3, 0.4) is 0 Å². The smallest absolute Gasteiger partial charge is 0.306 e. The molecule has 1 heterocycles. The van der Waals surface area contributed by atoms with Gasteiger partial charge in [0.2, 0.25) is 0 Å². The second-order valence-corrected chi connectivity index (χ2v) is 7.27. The molecule has 0 saturated carbocycles. The van der Waals surface area contributed by atoms with Crippen molar-refractivity contribution in [2.24, 2.45) is 0 Å². The maximum absolute atomic E-state index is 11.9. The number of esters is 1. The zero-order chi connectivity index (χ0) is 15.4. The molecule has 0 atom stereocenters. The van der Waals surface area contributed by atoms with Gasteiger partial charge in [0, 0.05) is 30.3 Å². The van der Waals surface area contributed by atoms with Gasteiger partial charge < -0.3 is 9.94 Å². The summed E-state index contributed by atoms with van der Waals surface area (Å²) >= 11 is 0. The highest BCUT2D eigenvalue weighted by atomic mass is 16.5. The van der Waals surface area contributed by atoms with E-state index in [-0.39, 0.29) is 23.2 Å². The molecule has 4 heteroatoms. The molecule has 0 aromatic carbocycles. The van der Waals surface area contributed by atoms with Crippen molar-refractivity contribution in [3.8, 4) is 0 Å². The highest BCUT2D eigenvalue weighted by Crippen LogP contribution is 2.38. The van der Waals surface area contributed by atoms with E-state index in [1.807, 2.05) is 27.7 Å². The quantitative estimate of drug-likeness (QED) is 0.594. The summed E-state index contributed by atoms with van der Waals surface area (Å²) in [7, 11) is 0. The molecule has 0 aliphatic carbocycles. The molecular formula is C16H31NO3. The van der Waals surface area contributed by atoms with Crippen LogP contribution in [0.25, 0.3) is 0 Å². The lowest BCUT2D eigenvalue weighted by atomic mass is 9.80. The van der Waals surface area contributed by atoms with E-state index in [1.54, 1.807) is 0 Å². The van der Waals surface area contributed by atoms with Crippen LogP contribution < -0.4 is 0 Å². The predicted molar refractivity (Wildman–Crippen MR) is 79.7 cm³/mol. The summed E-state index contributed by atoms with van der Waals surface area (Å²) in [6.07, 6.45) is 6.13. The van der Waals surface area contributed by atoms with Crippen LogP contribution >= 0.6 is 0 Å². The molecule has 0 bridgehead atoms. The van der Waals surface area contributed by atoms with E-state index in [1.165, 1.54) is 17.9 Å². The normalized spacial score (nSPS) is 22.7. The number of hydroxylamine groups is 2. The van der Waals surface area contributed by atoms with Gasteiger partial charge >= 0.3 is 5.97 Å². The van der Waals surface area contributed by atoms with Gasteiger partial charge in [-0.3, -0.25) is 4.79 Å². The molecule has 0 spiro atoms. The van der Waals surface area contributed by atoms with Gasteiger partial charge in [-0.15, -0.1) is 0 Å². The summed E-state index contributed by atoms with van der Waals surface area (Å²) < 4.78 is 5.61. The lowest BCUT2D eigenvalue weighted by molar-refractivity contribution is -0.259. The first-order valence-electron chi connectivity index (χ1n) is 7.88. The van der Waals surface area contributed by atoms with Crippen LogP contribution in [0.15, 0.2) is 0 Å². The first-order chi connectivity index (χ1) is 9.19. The summed E-state index contributed by atoms with van der Waals surface area (Å²) in [6, 6.07) is 0. The predicted octanol–water partition coefficient (Wildman–Crippen LogP) is 3.91. The van der Waals surface area contributed by atoms with Gasteiger partial charge in [0.1, 0.15) is 6.10 Å². The highest BCUT2D eigenvalue weighted by molar-refractivity contribution is 5.69. The number of hydrogen-bond acceptors (Lipinski definition) is 4. The number of piperidine rings is 1. The molecule has 20 heavy (non-hydrogen) atoms. The number of carbonyl (C=O) groups is 1. The van der Waals surface area contributed by atoms with E-state index in [4.69, 9.17) is 4.74 Å². The molecule has 0 amide bonds. The third-order valence-corrected chi connectivity index (χ3v) is 4.13. The van der Waals surface area contributed by atoms with E-state index in [2.05, 4.69) is 6.92 Å². The summed E-state index contributed by atoms with van der Waals surface area (Å²) in [4.78, 5) is 11.9. The van der Waals surface area contributed by atoms with Crippen LogP contribution in [0.1, 0.15) is 79.6 Å². The Morgan fingerprint density at radius 1 is 1.15 bits per heavy atom. The first kappa shape index (κ1) is 17.4. The molecule has 1 fully saturated rings. The average Bonchev–Trinajstić information content (AvgIpc) is 2.31. The van der Waals surface area contributed by atoms with Gasteiger partial charge in [0.15, 0.2) is 0 Å². The molecule has 118 valence electrons. The van der Waals surface area contributed by atoms with Crippen LogP contribution in [0, 0.1) is 0 Å². The molecule has 1 saturated heterocycles. The van der Waals surface area contributed by atoms with Crippen molar-refractivity contribution in [2.75, 3.05) is 0 Å². The number of carbonyl (C=O) groups excluding carboxylic acids is 1. The fourth-order valence-electron chi connectivity index (χ4n) is 3.20. The van der Waals surface area contributed by atoms with Crippen LogP contribution in [0.4, 0.5) is 0 Å². The van der Waals surface area contributed by atoms with Gasteiger partial charge in [-0.05, 0) is 34.1 Å². The number of rotatable bonds is 6. The molecule has 1 rings (SSSR count). The monoisotopic (exact) mass is 285 g/mol. The van der Waals surface area contributed by atoms with Crippen molar-refractivity contribution in [3.05, 3.63) is 0 Å². The highest BCUT2D eigenvalue weighted by Gasteiger charge is 2.46. The molecule has 0 radical (unpaired) electrons. The molecule has 0 aromatic heterocycles. The van der Waals surface area contributed by atoms with E-state index < -0.39 is 0 Å². The first-order valence-corrected chi connectivity index (χ1v) is 7.88. The van der Waals surface area contributed by atoms with Gasteiger partial charge in [-0.25, -0.2) is 0 Å². The molecule has 4 nitrogen and oxygen atoms in total. The largest absolute Gasteiger partial charge is 0.462 e. The summed E-state index contributed by atoms with van der Waals surface area (Å²) in [6.45, 7) is 10.1. The van der Waals surface area contributed by atoms with Crippen LogP contribution in [0.5, 0.6) is 0 Å². The second-order valence-electron chi connectivity index (χ2n) is 7.27. The standard InChI is InChI=1S/C16H31NO3/c1-6-7-8-9-10-14(18)20-13-11-15(2,3)17(19)16(4,5)12-13/h13,19H,6-12H2,1-5H3. The van der Waals surface area contributed by atoms with Crippen LogP contribution in [0.2, 0.25) is 0 Å². The van der Waals surface area contributed by atoms with Crippen molar-refractivity contribution in [3.63, 3.8) is 0 Å². The van der Waals surface area contributed by atoms with Gasteiger partial charge in [-0.2, -0.15) is 5.06 Å². The number of hydrogen-bond donors (Lipinski definition) is 1. The van der Waals surface area contributed by atoms with E-state index in [0.29, 0.717) is 19.3 Å². The molecular weight excluding hydrogens is 254 g/mol. The molecule has 1 aliphatic heterocycles. The fourth-order valence-corrected chi connectivity index (χ4v) is 3.20. The van der Waals surface area contributed by atoms with Crippen molar-refractivity contribution in [1.82, 2.24) is 5.06 Å². The molecule has 0 aromatic rings. The van der Waals surface area contributed by atoms with Gasteiger partial charge in [0.05, 0.1) is 0 Å². The minimum absolute atomic E-state index is 0.0934. The SMILES string of the molecule is CCCCCCC(=O)OC1CC(C)(C)N(O)C(C)(C)C1. The van der Waals surface area contributed by atoms with E-state index in [0.717, 1.165) is 12.8 Å². The Kier molecular flexibility index (Phi) is 6.02. The van der Waals surface area contributed by atoms with E-state index in [9.17, 15) is 10.0 Å². The third-order valence-electron chi connectivity index (χ3n) is 4.13. The lowest BCUT2D eigenvalue weighted by Gasteiger charge is -2.50. The maximum atomic E-state index is 11.9. The summed E-state index contributed by atoms with van der Waals surface area (Å²) in [5, 5.41) is 11.6. The zero-order valence-corrected chi connectivity index (χ0v) is 13.7. The maximum Gasteiger partial charge on any atom is 0.306 e. The summed E-state index contributed by atoms with van der Waals surface area (Å²) in [5.41, 5.74) is -0.732.